The quantitative estimate of drug-likeness (QED) is 0.196. The minimum absolute atomic E-state index is 0.820. The van der Waals surface area contributed by atoms with Crippen molar-refractivity contribution in [2.24, 2.45) is 0 Å². The van der Waals surface area contributed by atoms with Crippen LogP contribution in [0, 0.1) is 0 Å². The number of benzene rings is 4. The van der Waals surface area contributed by atoms with Crippen LogP contribution < -0.4 is 10.6 Å². The van der Waals surface area contributed by atoms with Gasteiger partial charge in [0.1, 0.15) is 0 Å². The summed E-state index contributed by atoms with van der Waals surface area (Å²) in [5, 5.41) is 9.31. The molecule has 50 heavy (non-hydrogen) atoms. The lowest BCUT2D eigenvalue weighted by molar-refractivity contribution is 0.855. The molecule has 0 saturated carbocycles. The van der Waals surface area contributed by atoms with E-state index in [0.29, 0.717) is 0 Å². The number of nitrogens with zero attached hydrogens (tertiary/aromatic N) is 4. The lowest BCUT2D eigenvalue weighted by atomic mass is 10.1. The molecule has 0 fully saturated rings. The molecule has 238 valence electrons. The molecule has 8 aromatic rings. The average molecular weight is 645 g/mol. The van der Waals surface area contributed by atoms with E-state index in [-0.39, 0.29) is 0 Å². The number of rotatable bonds is 5. The van der Waals surface area contributed by atoms with Crippen molar-refractivity contribution < 1.29 is 0 Å². The van der Waals surface area contributed by atoms with Crippen molar-refractivity contribution in [2.75, 3.05) is 0 Å². The largest absolute Gasteiger partial charge is 0.387 e. The highest BCUT2D eigenvalue weighted by atomic mass is 15.0. The zero-order chi connectivity index (χ0) is 33.0. The molecule has 0 spiro atoms. The molecule has 2 N–H and O–H groups in total. The molecule has 0 amide bonds. The summed E-state index contributed by atoms with van der Waals surface area (Å²) >= 11 is 0. The number of fused-ring (bicyclic) bond motifs is 6. The molecule has 0 bridgehead atoms. The van der Waals surface area contributed by atoms with E-state index in [4.69, 9.17) is 9.97 Å². The first-order chi connectivity index (χ1) is 24.8. The fourth-order valence-corrected chi connectivity index (χ4v) is 7.59. The molecule has 2 aliphatic heterocycles. The number of nitrogens with one attached hydrogen (secondary N) is 2. The number of aromatic nitrogens is 4. The van der Waals surface area contributed by atoms with Crippen LogP contribution in [0.2, 0.25) is 0 Å². The van der Waals surface area contributed by atoms with Crippen molar-refractivity contribution in [1.82, 2.24) is 29.7 Å². The highest BCUT2D eigenvalue weighted by Crippen LogP contribution is 2.35. The van der Waals surface area contributed by atoms with Gasteiger partial charge in [0.25, 0.3) is 0 Å². The summed E-state index contributed by atoms with van der Waals surface area (Å²) < 4.78 is 4.70. The first-order valence-electron chi connectivity index (χ1n) is 17.0. The summed E-state index contributed by atoms with van der Waals surface area (Å²) in [5.74, 6) is 0. The van der Waals surface area contributed by atoms with E-state index < -0.39 is 0 Å². The van der Waals surface area contributed by atoms with Crippen molar-refractivity contribution in [1.29, 1.82) is 0 Å². The van der Waals surface area contributed by atoms with Crippen LogP contribution in [-0.2, 0) is 13.1 Å². The maximum atomic E-state index is 5.13. The van der Waals surface area contributed by atoms with E-state index in [0.717, 1.165) is 58.4 Å². The molecule has 4 aromatic carbocycles. The fourth-order valence-electron chi connectivity index (χ4n) is 7.59. The molecular formula is C44H32N6. The molecule has 10 rings (SSSR count). The molecule has 0 saturated heterocycles. The topological polar surface area (TPSA) is 59.7 Å². The summed E-state index contributed by atoms with van der Waals surface area (Å²) in [7, 11) is 0. The molecule has 2 aliphatic rings. The first-order valence-corrected chi connectivity index (χ1v) is 17.0. The third-order valence-corrected chi connectivity index (χ3v) is 9.90. The molecule has 4 aromatic heterocycles. The number of hydrogen-bond donors (Lipinski definition) is 2. The van der Waals surface area contributed by atoms with Gasteiger partial charge in [0.15, 0.2) is 0 Å². The Kier molecular flexibility index (Phi) is 6.52. The minimum Gasteiger partial charge on any atom is -0.387 e. The molecule has 6 nitrogen and oxygen atoms in total. The van der Waals surface area contributed by atoms with Crippen molar-refractivity contribution in [3.8, 4) is 45.3 Å². The Labute approximate surface area is 289 Å². The van der Waals surface area contributed by atoms with E-state index in [1.54, 1.807) is 0 Å². The Balaban J connectivity index is 0.980. The molecule has 6 heteroatoms. The smallest absolute Gasteiger partial charge is 0.0893 e. The van der Waals surface area contributed by atoms with Crippen LogP contribution in [0.1, 0.15) is 22.5 Å². The first kappa shape index (κ1) is 28.4. The average Bonchev–Trinajstić information content (AvgIpc) is 3.71. The van der Waals surface area contributed by atoms with Gasteiger partial charge in [-0.15, -0.1) is 0 Å². The summed E-state index contributed by atoms with van der Waals surface area (Å²) in [6, 6.07) is 47.0. The highest BCUT2D eigenvalue weighted by molar-refractivity contribution is 5.92. The van der Waals surface area contributed by atoms with Crippen LogP contribution in [0.25, 0.3) is 79.2 Å². The SMILES string of the molecule is C1=Cc2c(c3ccccc3n2-c2ccc(-c3cccc(-c4cccc(-c5cccc(-n6c7c(c8ccccc86)CNC=C7)c5)n4)n3)cc2)CN1. The third kappa shape index (κ3) is 4.57. The van der Waals surface area contributed by atoms with Gasteiger partial charge in [-0.25, -0.2) is 9.97 Å². The van der Waals surface area contributed by atoms with E-state index in [2.05, 4.69) is 153 Å². The molecule has 0 aliphatic carbocycles. The second-order valence-electron chi connectivity index (χ2n) is 12.8. The Hall–Kier alpha value is -6.66. The van der Waals surface area contributed by atoms with Gasteiger partial charge in [0.05, 0.1) is 45.2 Å². The van der Waals surface area contributed by atoms with Crippen LogP contribution in [-0.4, -0.2) is 19.1 Å². The van der Waals surface area contributed by atoms with Gasteiger partial charge in [0, 0.05) is 57.5 Å². The van der Waals surface area contributed by atoms with Gasteiger partial charge in [-0.05, 0) is 85.2 Å². The third-order valence-electron chi connectivity index (χ3n) is 9.90. The van der Waals surface area contributed by atoms with E-state index in [1.165, 1.54) is 44.3 Å². The molecule has 0 radical (unpaired) electrons. The zero-order valence-electron chi connectivity index (χ0n) is 27.2. The summed E-state index contributed by atoms with van der Waals surface area (Å²) in [4.78, 5) is 10.2. The Morgan fingerprint density at radius 3 is 1.58 bits per heavy atom. The van der Waals surface area contributed by atoms with Gasteiger partial charge in [-0.2, -0.15) is 0 Å². The van der Waals surface area contributed by atoms with Gasteiger partial charge >= 0.3 is 0 Å². The second kappa shape index (κ2) is 11.5. The van der Waals surface area contributed by atoms with Crippen LogP contribution in [0.4, 0.5) is 0 Å². The number of para-hydroxylation sites is 2. The summed E-state index contributed by atoms with van der Waals surface area (Å²) in [6.45, 7) is 1.65. The van der Waals surface area contributed by atoms with Gasteiger partial charge in [0.2, 0.25) is 0 Å². The minimum atomic E-state index is 0.820. The van der Waals surface area contributed by atoms with Crippen LogP contribution in [0.3, 0.4) is 0 Å². The van der Waals surface area contributed by atoms with Crippen molar-refractivity contribution >= 4 is 34.0 Å². The van der Waals surface area contributed by atoms with Gasteiger partial charge in [-0.1, -0.05) is 72.8 Å². The molecule has 0 unspecified atom stereocenters. The maximum Gasteiger partial charge on any atom is 0.0893 e. The lowest BCUT2D eigenvalue weighted by Gasteiger charge is -2.14. The fraction of sp³-hybridized carbons (Fsp3) is 0.0455. The maximum absolute atomic E-state index is 5.13. The summed E-state index contributed by atoms with van der Waals surface area (Å²) in [6.07, 6.45) is 8.40. The second-order valence-corrected chi connectivity index (χ2v) is 12.8. The van der Waals surface area contributed by atoms with E-state index >= 15 is 0 Å². The van der Waals surface area contributed by atoms with E-state index in [9.17, 15) is 0 Å². The lowest BCUT2D eigenvalue weighted by Crippen LogP contribution is -2.10. The van der Waals surface area contributed by atoms with Gasteiger partial charge in [-0.3, -0.25) is 0 Å². The molecular weight excluding hydrogens is 613 g/mol. The Bertz CT molecular complexity index is 2650. The van der Waals surface area contributed by atoms with Crippen LogP contribution in [0.5, 0.6) is 0 Å². The standard InChI is InChI=1S/C44H32N6/c1-3-16-41-33(10-1)35-27-45-24-22-43(35)49(41)31-20-18-29(19-21-31)37-12-6-14-39(47-37)40-15-7-13-38(48-40)30-8-5-9-32(26-30)50-42-17-4-2-11-34(42)36-28-46-25-23-44(36)50/h1-26,45-46H,27-28H2. The number of pyridine rings is 2. The Morgan fingerprint density at radius 1 is 0.440 bits per heavy atom. The van der Waals surface area contributed by atoms with Crippen molar-refractivity contribution in [3.05, 3.63) is 168 Å². The predicted octanol–water partition coefficient (Wildman–Crippen LogP) is 9.51. The van der Waals surface area contributed by atoms with Crippen LogP contribution in [0.15, 0.2) is 146 Å². The number of hydrogen-bond acceptors (Lipinski definition) is 4. The molecule has 6 heterocycles. The van der Waals surface area contributed by atoms with Crippen LogP contribution >= 0.6 is 0 Å². The van der Waals surface area contributed by atoms with E-state index in [1.807, 2.05) is 24.5 Å². The zero-order valence-corrected chi connectivity index (χ0v) is 27.2. The normalized spacial score (nSPS) is 13.2. The summed E-state index contributed by atoms with van der Waals surface area (Å²) in [5.41, 5.74) is 15.4. The highest BCUT2D eigenvalue weighted by Gasteiger charge is 2.20. The van der Waals surface area contributed by atoms with Gasteiger partial charge < -0.3 is 19.8 Å². The monoisotopic (exact) mass is 644 g/mol. The van der Waals surface area contributed by atoms with Crippen molar-refractivity contribution in [3.63, 3.8) is 0 Å². The molecule has 0 atom stereocenters. The van der Waals surface area contributed by atoms with Crippen molar-refractivity contribution in [2.45, 2.75) is 13.1 Å². The Morgan fingerprint density at radius 2 is 0.960 bits per heavy atom. The predicted molar refractivity (Wildman–Crippen MR) is 204 cm³/mol.